The van der Waals surface area contributed by atoms with Gasteiger partial charge in [-0.1, -0.05) is 73.7 Å². The van der Waals surface area contributed by atoms with Gasteiger partial charge < -0.3 is 4.74 Å². The predicted molar refractivity (Wildman–Crippen MR) is 89.4 cm³/mol. The minimum atomic E-state index is -1.45. The molecule has 0 heterocycles. The third kappa shape index (κ3) is 3.32. The molecule has 114 valence electrons. The third-order valence-corrected chi connectivity index (χ3v) is 3.69. The van der Waals surface area contributed by atoms with Crippen molar-refractivity contribution >= 4 is 11.9 Å². The number of benzene rings is 2. The zero-order chi connectivity index (χ0) is 16.0. The van der Waals surface area contributed by atoms with Crippen LogP contribution in [0.3, 0.4) is 0 Å². The van der Waals surface area contributed by atoms with E-state index >= 15 is 0 Å². The molecule has 0 radical (unpaired) electrons. The Balaban J connectivity index is 2.43. The molecule has 0 saturated heterocycles. The van der Waals surface area contributed by atoms with Crippen molar-refractivity contribution in [1.29, 1.82) is 0 Å². The van der Waals surface area contributed by atoms with E-state index in [-0.39, 0.29) is 5.78 Å². The summed E-state index contributed by atoms with van der Waals surface area (Å²) in [6.07, 6.45) is 2.54. The smallest absolute Gasteiger partial charge is 0.213 e. The molecule has 0 aliphatic carbocycles. The molecule has 1 atom stereocenters. The number of hydrogen-bond acceptors (Lipinski definition) is 3. The molecule has 3 heteroatoms. The van der Waals surface area contributed by atoms with E-state index in [0.29, 0.717) is 12.0 Å². The third-order valence-electron chi connectivity index (χ3n) is 3.69. The molecule has 2 rings (SSSR count). The molecule has 0 aliphatic rings. The number of hydrogen-bond donors (Lipinski definition) is 1. The van der Waals surface area contributed by atoms with Gasteiger partial charge in [-0.15, -0.1) is 0 Å². The van der Waals surface area contributed by atoms with E-state index in [1.807, 2.05) is 61.5 Å². The second kappa shape index (κ2) is 7.16. The fourth-order valence-corrected chi connectivity index (χ4v) is 2.40. The summed E-state index contributed by atoms with van der Waals surface area (Å²) in [5.74, 6) is -0.236. The van der Waals surface area contributed by atoms with Crippen molar-refractivity contribution < 1.29 is 9.53 Å². The van der Waals surface area contributed by atoms with Crippen LogP contribution in [-0.2, 0) is 4.74 Å². The Morgan fingerprint density at radius 3 is 2.14 bits per heavy atom. The summed E-state index contributed by atoms with van der Waals surface area (Å²) in [6, 6.07) is 18.8. The van der Waals surface area contributed by atoms with E-state index in [1.54, 1.807) is 12.1 Å². The molecule has 2 N–H and O–H groups in total. The van der Waals surface area contributed by atoms with E-state index in [1.165, 1.54) is 7.11 Å². The lowest BCUT2D eigenvalue weighted by Crippen LogP contribution is -2.51. The monoisotopic (exact) mass is 295 g/mol. The molecule has 0 aromatic heterocycles. The molecular formula is C19H21NO2. The average Bonchev–Trinajstić information content (AvgIpc) is 2.60. The quantitative estimate of drug-likeness (QED) is 0.653. The van der Waals surface area contributed by atoms with Gasteiger partial charge in [0.2, 0.25) is 11.5 Å². The first-order valence-electron chi connectivity index (χ1n) is 7.31. The highest BCUT2D eigenvalue weighted by Gasteiger charge is 2.37. The molecule has 2 aromatic rings. The van der Waals surface area contributed by atoms with Gasteiger partial charge in [0.05, 0.1) is 0 Å². The van der Waals surface area contributed by atoms with Gasteiger partial charge >= 0.3 is 0 Å². The fraction of sp³-hybridized carbons (Fsp3) is 0.211. The van der Waals surface area contributed by atoms with Crippen molar-refractivity contribution in [2.24, 2.45) is 5.73 Å². The first-order chi connectivity index (χ1) is 10.6. The summed E-state index contributed by atoms with van der Waals surface area (Å²) in [5, 5.41) is 0. The van der Waals surface area contributed by atoms with Crippen LogP contribution in [0.1, 0.15) is 29.3 Å². The molecular weight excluding hydrogens is 274 g/mol. The number of nitrogens with two attached hydrogens (primary N) is 1. The summed E-state index contributed by atoms with van der Waals surface area (Å²) in [4.78, 5) is 12.8. The van der Waals surface area contributed by atoms with E-state index in [0.717, 1.165) is 11.1 Å². The summed E-state index contributed by atoms with van der Waals surface area (Å²) >= 11 is 0. The molecule has 0 amide bonds. The zero-order valence-corrected chi connectivity index (χ0v) is 13.0. The maximum absolute atomic E-state index is 12.8. The number of methoxy groups -OCH3 is 1. The second-order valence-corrected chi connectivity index (χ2v) is 5.07. The lowest BCUT2D eigenvalue weighted by Gasteiger charge is -2.29. The molecule has 0 fully saturated rings. The fourth-order valence-electron chi connectivity index (χ4n) is 2.40. The number of Topliss-reactive ketones (excluding diaryl/α,β-unsaturated/α-hetero) is 1. The summed E-state index contributed by atoms with van der Waals surface area (Å²) in [7, 11) is 1.47. The van der Waals surface area contributed by atoms with Crippen LogP contribution in [0, 0.1) is 0 Å². The largest absolute Gasteiger partial charge is 0.353 e. The van der Waals surface area contributed by atoms with Crippen molar-refractivity contribution in [3.05, 3.63) is 77.4 Å². The highest BCUT2D eigenvalue weighted by molar-refractivity contribution is 6.04. The summed E-state index contributed by atoms with van der Waals surface area (Å²) in [5.41, 5.74) is 7.16. The lowest BCUT2D eigenvalue weighted by molar-refractivity contribution is 0.0247. The molecule has 0 spiro atoms. The Labute approximate surface area is 131 Å². The van der Waals surface area contributed by atoms with Gasteiger partial charge in [0.25, 0.3) is 0 Å². The second-order valence-electron chi connectivity index (χ2n) is 5.07. The van der Waals surface area contributed by atoms with E-state index < -0.39 is 5.72 Å². The van der Waals surface area contributed by atoms with Gasteiger partial charge in [0.1, 0.15) is 0 Å². The molecule has 0 aliphatic heterocycles. The highest BCUT2D eigenvalue weighted by atomic mass is 16.5. The number of carbonyl (C=O) groups excluding carboxylic acids is 1. The Kier molecular flexibility index (Phi) is 5.26. The highest BCUT2D eigenvalue weighted by Crippen LogP contribution is 2.25. The molecule has 0 saturated carbocycles. The molecule has 2 aromatic carbocycles. The maximum atomic E-state index is 12.8. The lowest BCUT2D eigenvalue weighted by atomic mass is 9.90. The van der Waals surface area contributed by atoms with Crippen LogP contribution in [0.5, 0.6) is 0 Å². The van der Waals surface area contributed by atoms with E-state index in [4.69, 9.17) is 10.5 Å². The van der Waals surface area contributed by atoms with Gasteiger partial charge in [0.15, 0.2) is 0 Å². The van der Waals surface area contributed by atoms with Gasteiger partial charge in [-0.05, 0) is 17.6 Å². The van der Waals surface area contributed by atoms with Crippen molar-refractivity contribution in [3.8, 4) is 0 Å². The van der Waals surface area contributed by atoms with E-state index in [9.17, 15) is 4.79 Å². The average molecular weight is 295 g/mol. The molecule has 0 bridgehead atoms. The van der Waals surface area contributed by atoms with Crippen molar-refractivity contribution in [2.45, 2.75) is 19.1 Å². The Morgan fingerprint density at radius 2 is 1.64 bits per heavy atom. The molecule has 1 unspecified atom stereocenters. The van der Waals surface area contributed by atoms with Crippen LogP contribution >= 0.6 is 0 Å². The normalized spacial score (nSPS) is 14.4. The van der Waals surface area contributed by atoms with Gasteiger partial charge in [-0.2, -0.15) is 0 Å². The van der Waals surface area contributed by atoms with Gasteiger partial charge in [-0.25, -0.2) is 0 Å². The van der Waals surface area contributed by atoms with Crippen LogP contribution in [-0.4, -0.2) is 18.6 Å². The van der Waals surface area contributed by atoms with Crippen LogP contribution < -0.4 is 5.73 Å². The van der Waals surface area contributed by atoms with Crippen molar-refractivity contribution in [1.82, 2.24) is 0 Å². The number of ketones is 1. The Bertz CT molecular complexity index is 650. The minimum Gasteiger partial charge on any atom is -0.353 e. The predicted octanol–water partition coefficient (Wildman–Crippen LogP) is 3.66. The van der Waals surface area contributed by atoms with Crippen molar-refractivity contribution in [2.75, 3.05) is 7.11 Å². The van der Waals surface area contributed by atoms with E-state index in [2.05, 4.69) is 0 Å². The minimum absolute atomic E-state index is 0.236. The summed E-state index contributed by atoms with van der Waals surface area (Å²) < 4.78 is 5.44. The topological polar surface area (TPSA) is 52.3 Å². The molecule has 22 heavy (non-hydrogen) atoms. The van der Waals surface area contributed by atoms with Crippen LogP contribution in [0.4, 0.5) is 0 Å². The summed E-state index contributed by atoms with van der Waals surface area (Å²) in [6.45, 7) is 1.97. The first-order valence-corrected chi connectivity index (χ1v) is 7.31. The Morgan fingerprint density at radius 1 is 1.09 bits per heavy atom. The SMILES string of the molecule is CCC(=Cc1ccccc1)C(N)(OC)C(=O)c1ccccc1. The van der Waals surface area contributed by atoms with Crippen LogP contribution in [0.25, 0.3) is 6.08 Å². The number of carbonyl (C=O) groups is 1. The van der Waals surface area contributed by atoms with Gasteiger partial charge in [-0.3, -0.25) is 10.5 Å². The molecule has 3 nitrogen and oxygen atoms in total. The number of rotatable bonds is 6. The van der Waals surface area contributed by atoms with Gasteiger partial charge in [0, 0.05) is 12.7 Å². The Hall–Kier alpha value is -2.23. The first kappa shape index (κ1) is 16.1. The maximum Gasteiger partial charge on any atom is 0.213 e. The van der Waals surface area contributed by atoms with Crippen molar-refractivity contribution in [3.63, 3.8) is 0 Å². The zero-order valence-electron chi connectivity index (χ0n) is 13.0. The van der Waals surface area contributed by atoms with Crippen LogP contribution in [0.15, 0.2) is 66.2 Å². The standard InChI is InChI=1S/C19H21NO2/c1-3-17(14-15-10-6-4-7-11-15)19(20,22-2)18(21)16-12-8-5-9-13-16/h4-14H,3,20H2,1-2H3. The number of ether oxygens (including phenoxy) is 1. The van der Waals surface area contributed by atoms with Crippen LogP contribution in [0.2, 0.25) is 0 Å².